The number of aromatic nitrogens is 4. The molecule has 2 heterocycles. The average molecular weight is 261 g/mol. The Hall–Kier alpha value is -2.11. The third kappa shape index (κ3) is 4.24. The third-order valence-corrected chi connectivity index (χ3v) is 2.50. The topological polar surface area (TPSA) is 64.9 Å². The average Bonchev–Trinajstić information content (AvgIpc) is 2.89. The number of nitrogens with one attached hydrogen (secondary N) is 1. The largest absolute Gasteiger partial charge is 0.478 e. The second-order valence-corrected chi connectivity index (χ2v) is 4.25. The fourth-order valence-corrected chi connectivity index (χ4v) is 1.62. The lowest BCUT2D eigenvalue weighted by Crippen LogP contribution is -2.12. The van der Waals surface area contributed by atoms with Crippen LogP contribution in [0.2, 0.25) is 0 Å². The fourth-order valence-electron chi connectivity index (χ4n) is 1.62. The van der Waals surface area contributed by atoms with Crippen molar-refractivity contribution >= 4 is 5.95 Å². The highest BCUT2D eigenvalue weighted by Crippen LogP contribution is 2.12. The molecular weight excluding hydrogens is 242 g/mol. The minimum atomic E-state index is 0.603. The number of anilines is 1. The first kappa shape index (κ1) is 13.3. The Morgan fingerprint density at radius 2 is 2.26 bits per heavy atom. The maximum absolute atomic E-state index is 5.52. The summed E-state index contributed by atoms with van der Waals surface area (Å²) in [4.78, 5) is 12.6. The van der Waals surface area contributed by atoms with Crippen LogP contribution in [0.5, 0.6) is 5.88 Å². The van der Waals surface area contributed by atoms with E-state index in [9.17, 15) is 0 Å². The molecule has 0 unspecified atom stereocenters. The van der Waals surface area contributed by atoms with Crippen molar-refractivity contribution in [2.45, 2.75) is 26.8 Å². The number of hydrogen-bond donors (Lipinski definition) is 1. The van der Waals surface area contributed by atoms with Crippen molar-refractivity contribution in [3.8, 4) is 5.88 Å². The smallest absolute Gasteiger partial charge is 0.226 e. The van der Waals surface area contributed by atoms with Crippen molar-refractivity contribution < 1.29 is 4.74 Å². The Morgan fingerprint density at radius 1 is 1.37 bits per heavy atom. The van der Waals surface area contributed by atoms with Gasteiger partial charge in [-0.2, -0.15) is 4.98 Å². The normalized spacial score (nSPS) is 10.4. The van der Waals surface area contributed by atoms with E-state index in [0.29, 0.717) is 18.4 Å². The predicted molar refractivity (Wildman–Crippen MR) is 73.3 cm³/mol. The van der Waals surface area contributed by atoms with E-state index in [1.807, 2.05) is 23.8 Å². The van der Waals surface area contributed by atoms with Crippen LogP contribution in [-0.4, -0.2) is 32.7 Å². The van der Waals surface area contributed by atoms with Gasteiger partial charge in [0.15, 0.2) is 0 Å². The van der Waals surface area contributed by atoms with E-state index >= 15 is 0 Å². The molecule has 102 valence electrons. The van der Waals surface area contributed by atoms with Crippen LogP contribution in [0.1, 0.15) is 19.0 Å². The molecule has 6 nitrogen and oxygen atoms in total. The molecule has 2 rings (SSSR count). The van der Waals surface area contributed by atoms with Gasteiger partial charge in [0.25, 0.3) is 0 Å². The Balaban J connectivity index is 1.90. The van der Waals surface area contributed by atoms with Crippen LogP contribution in [-0.2, 0) is 6.54 Å². The van der Waals surface area contributed by atoms with E-state index in [2.05, 4.69) is 27.2 Å². The van der Waals surface area contributed by atoms with Gasteiger partial charge in [-0.15, -0.1) is 0 Å². The van der Waals surface area contributed by atoms with E-state index in [0.717, 1.165) is 25.2 Å². The van der Waals surface area contributed by atoms with Gasteiger partial charge < -0.3 is 14.6 Å². The first-order valence-corrected chi connectivity index (χ1v) is 6.46. The van der Waals surface area contributed by atoms with E-state index in [1.54, 1.807) is 12.5 Å². The monoisotopic (exact) mass is 261 g/mol. The lowest BCUT2D eigenvalue weighted by Gasteiger charge is -2.09. The van der Waals surface area contributed by atoms with Gasteiger partial charge in [0.1, 0.15) is 0 Å². The molecule has 1 N–H and O–H groups in total. The molecular formula is C13H19N5O. The van der Waals surface area contributed by atoms with Crippen LogP contribution >= 0.6 is 0 Å². The van der Waals surface area contributed by atoms with Crippen molar-refractivity contribution in [3.63, 3.8) is 0 Å². The molecule has 0 fully saturated rings. The van der Waals surface area contributed by atoms with Gasteiger partial charge in [-0.25, -0.2) is 9.97 Å². The number of ether oxygens (including phenoxy) is 1. The Kier molecular flexibility index (Phi) is 4.72. The highest BCUT2D eigenvalue weighted by molar-refractivity contribution is 5.30. The molecule has 0 bridgehead atoms. The molecule has 0 aliphatic carbocycles. The highest BCUT2D eigenvalue weighted by atomic mass is 16.5. The molecule has 0 spiro atoms. The van der Waals surface area contributed by atoms with Crippen molar-refractivity contribution in [2.24, 2.45) is 0 Å². The maximum Gasteiger partial charge on any atom is 0.226 e. The van der Waals surface area contributed by atoms with E-state index in [4.69, 9.17) is 4.74 Å². The molecule has 0 radical (unpaired) electrons. The zero-order valence-electron chi connectivity index (χ0n) is 11.3. The van der Waals surface area contributed by atoms with Crippen molar-refractivity contribution in [3.05, 3.63) is 30.5 Å². The number of hydrogen-bond acceptors (Lipinski definition) is 5. The van der Waals surface area contributed by atoms with Crippen LogP contribution in [0.15, 0.2) is 24.8 Å². The van der Waals surface area contributed by atoms with Crippen LogP contribution < -0.4 is 10.1 Å². The minimum Gasteiger partial charge on any atom is -0.478 e. The molecule has 0 saturated carbocycles. The van der Waals surface area contributed by atoms with Gasteiger partial charge >= 0.3 is 0 Å². The molecule has 19 heavy (non-hydrogen) atoms. The SMILES string of the molecule is CCCOc1cc(C)nc(NCCn2ccnc2)n1. The lowest BCUT2D eigenvalue weighted by molar-refractivity contribution is 0.305. The van der Waals surface area contributed by atoms with E-state index in [1.165, 1.54) is 0 Å². The zero-order valence-corrected chi connectivity index (χ0v) is 11.3. The fraction of sp³-hybridized carbons (Fsp3) is 0.462. The second kappa shape index (κ2) is 6.72. The Bertz CT molecular complexity index is 498. The van der Waals surface area contributed by atoms with Crippen LogP contribution in [0.3, 0.4) is 0 Å². The summed E-state index contributed by atoms with van der Waals surface area (Å²) in [5.41, 5.74) is 0.895. The van der Waals surface area contributed by atoms with Gasteiger partial charge in [0.2, 0.25) is 11.8 Å². The van der Waals surface area contributed by atoms with Crippen LogP contribution in [0.25, 0.3) is 0 Å². The lowest BCUT2D eigenvalue weighted by atomic mass is 10.4. The molecule has 0 aliphatic rings. The number of aryl methyl sites for hydroxylation is 1. The number of imidazole rings is 1. The summed E-state index contributed by atoms with van der Waals surface area (Å²) in [6.07, 6.45) is 6.44. The van der Waals surface area contributed by atoms with Gasteiger partial charge in [-0.1, -0.05) is 6.92 Å². The standard InChI is InChI=1S/C13H19N5O/c1-3-8-19-12-9-11(2)16-13(17-12)15-5-7-18-6-4-14-10-18/h4,6,9-10H,3,5,7-8H2,1-2H3,(H,15,16,17). The predicted octanol–water partition coefficient (Wildman–Crippen LogP) is 1.88. The van der Waals surface area contributed by atoms with Crippen molar-refractivity contribution in [2.75, 3.05) is 18.5 Å². The summed E-state index contributed by atoms with van der Waals surface area (Å²) in [7, 11) is 0. The molecule has 0 aliphatic heterocycles. The molecule has 0 amide bonds. The molecule has 0 aromatic carbocycles. The summed E-state index contributed by atoms with van der Waals surface area (Å²) >= 11 is 0. The van der Waals surface area contributed by atoms with Gasteiger partial charge in [-0.05, 0) is 13.3 Å². The van der Waals surface area contributed by atoms with Crippen molar-refractivity contribution in [1.29, 1.82) is 0 Å². The molecule has 2 aromatic heterocycles. The molecule has 0 saturated heterocycles. The quantitative estimate of drug-likeness (QED) is 0.824. The number of nitrogens with zero attached hydrogens (tertiary/aromatic N) is 4. The van der Waals surface area contributed by atoms with Crippen LogP contribution in [0, 0.1) is 6.92 Å². The van der Waals surface area contributed by atoms with E-state index < -0.39 is 0 Å². The van der Waals surface area contributed by atoms with Gasteiger partial charge in [0, 0.05) is 37.2 Å². The maximum atomic E-state index is 5.52. The summed E-state index contributed by atoms with van der Waals surface area (Å²) in [6, 6.07) is 1.84. The third-order valence-electron chi connectivity index (χ3n) is 2.50. The first-order chi connectivity index (χ1) is 9.28. The molecule has 0 atom stereocenters. The van der Waals surface area contributed by atoms with Gasteiger partial charge in [0.05, 0.1) is 12.9 Å². The Morgan fingerprint density at radius 3 is 3.00 bits per heavy atom. The Labute approximate surface area is 112 Å². The van der Waals surface area contributed by atoms with E-state index in [-0.39, 0.29) is 0 Å². The van der Waals surface area contributed by atoms with Crippen molar-refractivity contribution in [1.82, 2.24) is 19.5 Å². The van der Waals surface area contributed by atoms with Gasteiger partial charge in [-0.3, -0.25) is 0 Å². The summed E-state index contributed by atoms with van der Waals surface area (Å²) < 4.78 is 7.52. The van der Waals surface area contributed by atoms with Crippen LogP contribution in [0.4, 0.5) is 5.95 Å². The zero-order chi connectivity index (χ0) is 13.5. The highest BCUT2D eigenvalue weighted by Gasteiger charge is 2.02. The number of rotatable bonds is 7. The summed E-state index contributed by atoms with van der Waals surface area (Å²) in [5.74, 6) is 1.23. The minimum absolute atomic E-state index is 0.603. The molecule has 2 aromatic rings. The summed E-state index contributed by atoms with van der Waals surface area (Å²) in [5, 5.41) is 3.19. The second-order valence-electron chi connectivity index (χ2n) is 4.25. The first-order valence-electron chi connectivity index (χ1n) is 6.46. The molecule has 6 heteroatoms. The summed E-state index contributed by atoms with van der Waals surface area (Å²) in [6.45, 7) is 6.24.